The van der Waals surface area contributed by atoms with Gasteiger partial charge in [0.1, 0.15) is 0 Å². The molecule has 3 nitrogen and oxygen atoms in total. The lowest BCUT2D eigenvalue weighted by Gasteiger charge is -2.30. The third-order valence-corrected chi connectivity index (χ3v) is 3.33. The van der Waals surface area contributed by atoms with Crippen LogP contribution in [-0.4, -0.2) is 25.0 Å². The van der Waals surface area contributed by atoms with Gasteiger partial charge in [0.25, 0.3) is 5.91 Å². The molecule has 0 spiro atoms. The van der Waals surface area contributed by atoms with Gasteiger partial charge in [-0.05, 0) is 37.1 Å². The number of nitrogens with one attached hydrogen (secondary N) is 2. The molecule has 2 rings (SSSR count). The number of halogens is 3. The van der Waals surface area contributed by atoms with Gasteiger partial charge in [-0.15, -0.1) is 12.4 Å². The van der Waals surface area contributed by atoms with E-state index in [0.717, 1.165) is 25.1 Å². The molecule has 1 amide bonds. The van der Waals surface area contributed by atoms with Crippen molar-refractivity contribution in [1.82, 2.24) is 10.6 Å². The third kappa shape index (κ3) is 3.88. The number of hydrogen-bond donors (Lipinski definition) is 2. The van der Waals surface area contributed by atoms with E-state index in [9.17, 15) is 13.6 Å². The Hall–Kier alpha value is -1.20. The average Bonchev–Trinajstić information content (AvgIpc) is 2.35. The van der Waals surface area contributed by atoms with E-state index in [4.69, 9.17) is 0 Å². The maximum Gasteiger partial charge on any atom is 0.251 e. The smallest absolute Gasteiger partial charge is 0.251 e. The molecule has 0 radical (unpaired) electrons. The molecule has 1 aliphatic rings. The van der Waals surface area contributed by atoms with Crippen molar-refractivity contribution in [3.05, 3.63) is 35.4 Å². The zero-order valence-electron chi connectivity index (χ0n) is 10.6. The number of rotatable bonds is 2. The summed E-state index contributed by atoms with van der Waals surface area (Å²) in [5.41, 5.74) is 0.145. The van der Waals surface area contributed by atoms with Crippen LogP contribution in [0.15, 0.2) is 18.2 Å². The summed E-state index contributed by atoms with van der Waals surface area (Å²) in [6, 6.07) is 3.20. The molecule has 0 aliphatic carbocycles. The predicted molar refractivity (Wildman–Crippen MR) is 71.5 cm³/mol. The van der Waals surface area contributed by atoms with Crippen molar-refractivity contribution in [3.63, 3.8) is 0 Å². The summed E-state index contributed by atoms with van der Waals surface area (Å²) in [7, 11) is 0. The van der Waals surface area contributed by atoms with Gasteiger partial charge < -0.3 is 10.6 Å². The summed E-state index contributed by atoms with van der Waals surface area (Å²) in [6.45, 7) is 3.71. The van der Waals surface area contributed by atoms with Gasteiger partial charge >= 0.3 is 0 Å². The largest absolute Gasteiger partial charge is 0.348 e. The van der Waals surface area contributed by atoms with E-state index in [0.29, 0.717) is 12.5 Å². The van der Waals surface area contributed by atoms with Gasteiger partial charge in [-0.25, -0.2) is 8.78 Å². The number of benzene rings is 1. The van der Waals surface area contributed by atoms with Gasteiger partial charge in [-0.1, -0.05) is 6.92 Å². The molecule has 6 heteroatoms. The normalized spacial score (nSPS) is 22.5. The highest BCUT2D eigenvalue weighted by Gasteiger charge is 2.23. The standard InChI is InChI=1S/C13H16F2N2O.ClH/c1-8-4-5-16-7-12(8)17-13(18)9-2-3-10(14)11(15)6-9;/h2-3,6,8,12,16H,4-5,7H2,1H3,(H,17,18);1H. The Morgan fingerprint density at radius 3 is 2.74 bits per heavy atom. The predicted octanol–water partition coefficient (Wildman–Crippen LogP) is 2.11. The van der Waals surface area contributed by atoms with Crippen molar-refractivity contribution >= 4 is 18.3 Å². The summed E-state index contributed by atoms with van der Waals surface area (Å²) in [5, 5.41) is 6.03. The molecule has 1 aromatic carbocycles. The number of amides is 1. The van der Waals surface area contributed by atoms with Crippen molar-refractivity contribution in [2.75, 3.05) is 13.1 Å². The first-order valence-electron chi connectivity index (χ1n) is 6.04. The second-order valence-corrected chi connectivity index (χ2v) is 4.68. The fraction of sp³-hybridized carbons (Fsp3) is 0.462. The van der Waals surface area contributed by atoms with Crippen LogP contribution in [-0.2, 0) is 0 Å². The van der Waals surface area contributed by atoms with Gasteiger partial charge in [0.15, 0.2) is 11.6 Å². The summed E-state index contributed by atoms with van der Waals surface area (Å²) in [6.07, 6.45) is 0.989. The molecule has 106 valence electrons. The van der Waals surface area contributed by atoms with E-state index < -0.39 is 11.6 Å². The van der Waals surface area contributed by atoms with E-state index in [2.05, 4.69) is 17.6 Å². The molecule has 2 unspecified atom stereocenters. The summed E-state index contributed by atoms with van der Waals surface area (Å²) in [5.74, 6) is -1.94. The van der Waals surface area contributed by atoms with Gasteiger partial charge in [0.2, 0.25) is 0 Å². The molecular formula is C13H17ClF2N2O. The van der Waals surface area contributed by atoms with Crippen LogP contribution in [0.4, 0.5) is 8.78 Å². The van der Waals surface area contributed by atoms with Gasteiger partial charge in [-0.2, -0.15) is 0 Å². The van der Waals surface area contributed by atoms with E-state index in [1.165, 1.54) is 6.07 Å². The van der Waals surface area contributed by atoms with Crippen molar-refractivity contribution < 1.29 is 13.6 Å². The second kappa shape index (κ2) is 6.82. The SMILES string of the molecule is CC1CCNCC1NC(=O)c1ccc(F)c(F)c1.Cl. The van der Waals surface area contributed by atoms with Crippen molar-refractivity contribution in [3.8, 4) is 0 Å². The fourth-order valence-corrected chi connectivity index (χ4v) is 2.07. The lowest BCUT2D eigenvalue weighted by Crippen LogP contribution is -2.50. The summed E-state index contributed by atoms with van der Waals surface area (Å²) < 4.78 is 25.8. The highest BCUT2D eigenvalue weighted by atomic mass is 35.5. The van der Waals surface area contributed by atoms with Crippen LogP contribution < -0.4 is 10.6 Å². The minimum Gasteiger partial charge on any atom is -0.348 e. The molecule has 1 aromatic rings. The highest BCUT2D eigenvalue weighted by molar-refractivity contribution is 5.94. The zero-order valence-corrected chi connectivity index (χ0v) is 11.4. The van der Waals surface area contributed by atoms with Crippen molar-refractivity contribution in [2.45, 2.75) is 19.4 Å². The highest BCUT2D eigenvalue weighted by Crippen LogP contribution is 2.13. The molecule has 0 aromatic heterocycles. The Balaban J connectivity index is 0.00000180. The maximum absolute atomic E-state index is 13.0. The van der Waals surface area contributed by atoms with Crippen LogP contribution in [0.5, 0.6) is 0 Å². The minimum atomic E-state index is -1.00. The molecule has 1 fully saturated rings. The quantitative estimate of drug-likeness (QED) is 0.876. The summed E-state index contributed by atoms with van der Waals surface area (Å²) in [4.78, 5) is 11.9. The molecule has 0 saturated carbocycles. The van der Waals surface area contributed by atoms with Crippen LogP contribution >= 0.6 is 12.4 Å². The third-order valence-electron chi connectivity index (χ3n) is 3.33. The first-order chi connectivity index (χ1) is 8.58. The van der Waals surface area contributed by atoms with Crippen LogP contribution in [0.3, 0.4) is 0 Å². The monoisotopic (exact) mass is 290 g/mol. The molecular weight excluding hydrogens is 274 g/mol. The number of carbonyl (C=O) groups excluding carboxylic acids is 1. The second-order valence-electron chi connectivity index (χ2n) is 4.68. The fourth-order valence-electron chi connectivity index (χ4n) is 2.07. The van der Waals surface area contributed by atoms with Gasteiger partial charge in [0.05, 0.1) is 0 Å². The van der Waals surface area contributed by atoms with E-state index >= 15 is 0 Å². The average molecular weight is 291 g/mol. The first kappa shape index (κ1) is 15.9. The van der Waals surface area contributed by atoms with Crippen LogP contribution in [0.2, 0.25) is 0 Å². The first-order valence-corrected chi connectivity index (χ1v) is 6.04. The number of carbonyl (C=O) groups is 1. The van der Waals surface area contributed by atoms with Crippen LogP contribution in [0.1, 0.15) is 23.7 Å². The minimum absolute atomic E-state index is 0. The Labute approximate surface area is 117 Å². The number of piperidine rings is 1. The van der Waals surface area contributed by atoms with Gasteiger partial charge in [-0.3, -0.25) is 4.79 Å². The molecule has 0 bridgehead atoms. The van der Waals surface area contributed by atoms with Crippen molar-refractivity contribution in [2.24, 2.45) is 5.92 Å². The zero-order chi connectivity index (χ0) is 13.1. The van der Waals surface area contributed by atoms with Gasteiger partial charge in [0, 0.05) is 18.2 Å². The molecule has 1 aliphatic heterocycles. The molecule has 1 saturated heterocycles. The Kier molecular flexibility index (Phi) is 5.69. The molecule has 2 atom stereocenters. The van der Waals surface area contributed by atoms with E-state index in [1.54, 1.807) is 0 Å². The molecule has 19 heavy (non-hydrogen) atoms. The maximum atomic E-state index is 13.0. The Bertz CT molecular complexity index is 456. The van der Waals surface area contributed by atoms with E-state index in [-0.39, 0.29) is 29.9 Å². The molecule has 2 N–H and O–H groups in total. The van der Waals surface area contributed by atoms with Crippen LogP contribution in [0, 0.1) is 17.6 Å². The van der Waals surface area contributed by atoms with E-state index in [1.807, 2.05) is 0 Å². The Morgan fingerprint density at radius 2 is 2.11 bits per heavy atom. The van der Waals surface area contributed by atoms with Crippen LogP contribution in [0.25, 0.3) is 0 Å². The lowest BCUT2D eigenvalue weighted by atomic mass is 9.94. The summed E-state index contributed by atoms with van der Waals surface area (Å²) >= 11 is 0. The van der Waals surface area contributed by atoms with Crippen molar-refractivity contribution in [1.29, 1.82) is 0 Å². The Morgan fingerprint density at radius 1 is 1.37 bits per heavy atom. The number of hydrogen-bond acceptors (Lipinski definition) is 2. The lowest BCUT2D eigenvalue weighted by molar-refractivity contribution is 0.0914. The molecule has 1 heterocycles. The topological polar surface area (TPSA) is 41.1 Å².